The topological polar surface area (TPSA) is 79.5 Å². The second kappa shape index (κ2) is 11.2. The van der Waals surface area contributed by atoms with Crippen LogP contribution in [0.5, 0.6) is 0 Å². The fraction of sp³-hybridized carbons (Fsp3) is 0.500. The van der Waals surface area contributed by atoms with Gasteiger partial charge in [-0.2, -0.15) is 61.5 Å². The van der Waals surface area contributed by atoms with Crippen molar-refractivity contribution in [2.45, 2.75) is 61.8 Å². The normalized spacial score (nSPS) is 14.5. The lowest BCUT2D eigenvalue weighted by Crippen LogP contribution is -2.68. The monoisotopic (exact) mass is 638 g/mol. The van der Waals surface area contributed by atoms with E-state index in [4.69, 9.17) is 0 Å². The molecule has 1 aromatic carbocycles. The Hall–Kier alpha value is -3.61. The molecule has 1 aromatic heterocycles. The van der Waals surface area contributed by atoms with E-state index < -0.39 is 83.4 Å². The van der Waals surface area contributed by atoms with Crippen molar-refractivity contribution in [1.29, 1.82) is 0 Å². The standard InChI is InChI=1S/C22H16F14N2O4/c1-2-7-42-14(39)13(8-10-9-37-12-6-4-3-5-11(10)12)38(15(40)17(23,24)19(27,28)21(31,32)33)16(41)18(25,26)20(29,30)22(34,35)36/h3-6,9,13,37H,2,7-8H2,1H3. The summed E-state index contributed by atoms with van der Waals surface area (Å²) in [5.74, 6) is -40.6. The molecule has 0 aliphatic carbocycles. The highest BCUT2D eigenvalue weighted by Crippen LogP contribution is 2.50. The van der Waals surface area contributed by atoms with Crippen molar-refractivity contribution in [2.24, 2.45) is 0 Å². The van der Waals surface area contributed by atoms with E-state index >= 15 is 0 Å². The number of hydrogen-bond donors (Lipinski definition) is 1. The van der Waals surface area contributed by atoms with Crippen LogP contribution in [0.25, 0.3) is 10.9 Å². The maximum atomic E-state index is 14.4. The Labute approximate surface area is 224 Å². The number of amides is 2. The van der Waals surface area contributed by atoms with E-state index in [2.05, 4.69) is 9.72 Å². The molecule has 0 bridgehead atoms. The summed E-state index contributed by atoms with van der Waals surface area (Å²) in [6.07, 6.45) is -15.7. The minimum atomic E-state index is -7.52. The Morgan fingerprint density at radius 2 is 1.24 bits per heavy atom. The number of alkyl halides is 14. The molecule has 6 nitrogen and oxygen atoms in total. The predicted molar refractivity (Wildman–Crippen MR) is 111 cm³/mol. The lowest BCUT2D eigenvalue weighted by Gasteiger charge is -2.37. The van der Waals surface area contributed by atoms with E-state index in [0.29, 0.717) is 0 Å². The van der Waals surface area contributed by atoms with E-state index in [-0.39, 0.29) is 17.3 Å². The molecule has 236 valence electrons. The molecule has 42 heavy (non-hydrogen) atoms. The molecule has 1 atom stereocenters. The molecule has 0 spiro atoms. The summed E-state index contributed by atoms with van der Waals surface area (Å²) in [6.45, 7) is 0.426. The fourth-order valence-corrected chi connectivity index (χ4v) is 3.39. The highest BCUT2D eigenvalue weighted by atomic mass is 19.4. The lowest BCUT2D eigenvalue weighted by molar-refractivity contribution is -0.350. The number of fused-ring (bicyclic) bond motifs is 1. The first-order valence-corrected chi connectivity index (χ1v) is 11.1. The molecular weight excluding hydrogens is 622 g/mol. The van der Waals surface area contributed by atoms with E-state index in [1.807, 2.05) is 0 Å². The van der Waals surface area contributed by atoms with Crippen LogP contribution in [0.3, 0.4) is 0 Å². The summed E-state index contributed by atoms with van der Waals surface area (Å²) in [6, 6.07) is 1.58. The smallest absolute Gasteiger partial charge is 0.460 e. The van der Waals surface area contributed by atoms with Crippen LogP contribution in [0.4, 0.5) is 61.5 Å². The highest BCUT2D eigenvalue weighted by molar-refractivity contribution is 6.05. The summed E-state index contributed by atoms with van der Waals surface area (Å²) in [4.78, 5) is 37.8. The van der Waals surface area contributed by atoms with Gasteiger partial charge >= 0.3 is 53.8 Å². The van der Waals surface area contributed by atoms with Gasteiger partial charge in [0, 0.05) is 23.5 Å². The number of imide groups is 1. The van der Waals surface area contributed by atoms with Crippen molar-refractivity contribution in [3.63, 3.8) is 0 Å². The molecule has 1 N–H and O–H groups in total. The van der Waals surface area contributed by atoms with Crippen LogP contribution in [0.15, 0.2) is 30.5 Å². The molecule has 2 aromatic rings. The number of aromatic nitrogens is 1. The molecule has 0 saturated carbocycles. The number of esters is 1. The first-order chi connectivity index (χ1) is 18.9. The molecule has 0 radical (unpaired) electrons. The molecular formula is C22H16F14N2O4. The van der Waals surface area contributed by atoms with Gasteiger partial charge in [0.05, 0.1) is 6.61 Å². The van der Waals surface area contributed by atoms with Crippen molar-refractivity contribution in [1.82, 2.24) is 9.88 Å². The number of aromatic amines is 1. The van der Waals surface area contributed by atoms with Crippen LogP contribution < -0.4 is 0 Å². The number of carbonyl (C=O) groups excluding carboxylic acids is 3. The number of benzene rings is 1. The minimum absolute atomic E-state index is 0.0783. The molecule has 20 heteroatoms. The molecule has 2 amide bonds. The van der Waals surface area contributed by atoms with Gasteiger partial charge in [-0.15, -0.1) is 0 Å². The van der Waals surface area contributed by atoms with E-state index in [0.717, 1.165) is 12.3 Å². The van der Waals surface area contributed by atoms with Crippen LogP contribution in [-0.4, -0.2) is 76.4 Å². The molecule has 2 rings (SSSR count). The summed E-state index contributed by atoms with van der Waals surface area (Å²) in [7, 11) is 0. The van der Waals surface area contributed by atoms with Crippen molar-refractivity contribution in [3.05, 3.63) is 36.0 Å². The molecule has 0 aliphatic heterocycles. The second-order valence-electron chi connectivity index (χ2n) is 8.52. The van der Waals surface area contributed by atoms with Crippen molar-refractivity contribution >= 4 is 28.7 Å². The molecule has 1 unspecified atom stereocenters. The van der Waals surface area contributed by atoms with Gasteiger partial charge in [-0.3, -0.25) is 14.5 Å². The number of nitrogens with zero attached hydrogens (tertiary/aromatic N) is 1. The zero-order valence-corrected chi connectivity index (χ0v) is 20.5. The number of para-hydroxylation sites is 1. The Balaban J connectivity index is 2.88. The number of rotatable bonds is 10. The molecule has 0 aliphatic rings. The summed E-state index contributed by atoms with van der Waals surface area (Å²) < 4.78 is 193. The Kier molecular flexibility index (Phi) is 9.25. The van der Waals surface area contributed by atoms with Gasteiger partial charge < -0.3 is 9.72 Å². The van der Waals surface area contributed by atoms with Crippen LogP contribution >= 0.6 is 0 Å². The number of hydrogen-bond acceptors (Lipinski definition) is 4. The molecule has 1 heterocycles. The maximum absolute atomic E-state index is 14.4. The van der Waals surface area contributed by atoms with Crippen molar-refractivity contribution in [2.75, 3.05) is 6.61 Å². The maximum Gasteiger partial charge on any atom is 0.460 e. The Morgan fingerprint density at radius 3 is 1.67 bits per heavy atom. The first-order valence-electron chi connectivity index (χ1n) is 11.1. The number of nitrogens with one attached hydrogen (secondary N) is 1. The van der Waals surface area contributed by atoms with Crippen LogP contribution in [-0.2, 0) is 25.5 Å². The third-order valence-corrected chi connectivity index (χ3v) is 5.60. The highest BCUT2D eigenvalue weighted by Gasteiger charge is 2.81. The Bertz CT molecular complexity index is 1270. The van der Waals surface area contributed by atoms with Crippen LogP contribution in [0.1, 0.15) is 18.9 Å². The Morgan fingerprint density at radius 1 is 0.786 bits per heavy atom. The number of H-pyrrole nitrogens is 1. The van der Waals surface area contributed by atoms with E-state index in [1.54, 1.807) is 0 Å². The summed E-state index contributed by atoms with van der Waals surface area (Å²) in [5.41, 5.74) is -0.355. The zero-order valence-electron chi connectivity index (χ0n) is 20.5. The average molecular weight is 638 g/mol. The van der Waals surface area contributed by atoms with Gasteiger partial charge in [0.1, 0.15) is 6.04 Å². The van der Waals surface area contributed by atoms with E-state index in [9.17, 15) is 75.8 Å². The predicted octanol–water partition coefficient (Wildman–Crippen LogP) is 6.05. The minimum Gasteiger partial charge on any atom is -0.464 e. The van der Waals surface area contributed by atoms with Gasteiger partial charge in [0.25, 0.3) is 0 Å². The largest absolute Gasteiger partial charge is 0.464 e. The van der Waals surface area contributed by atoms with Crippen LogP contribution in [0, 0.1) is 0 Å². The molecule has 0 saturated heterocycles. The van der Waals surface area contributed by atoms with E-state index in [1.165, 1.54) is 25.1 Å². The van der Waals surface area contributed by atoms with Crippen LogP contribution in [0.2, 0.25) is 0 Å². The van der Waals surface area contributed by atoms with Gasteiger partial charge in [-0.25, -0.2) is 4.79 Å². The van der Waals surface area contributed by atoms with Crippen molar-refractivity contribution in [3.8, 4) is 0 Å². The zero-order chi connectivity index (χ0) is 32.7. The first kappa shape index (κ1) is 34.6. The van der Waals surface area contributed by atoms with Gasteiger partial charge in [-0.05, 0) is 18.1 Å². The van der Waals surface area contributed by atoms with Gasteiger partial charge in [0.15, 0.2) is 0 Å². The lowest BCUT2D eigenvalue weighted by atomic mass is 9.99. The summed E-state index contributed by atoms with van der Waals surface area (Å²) >= 11 is 0. The number of ether oxygens (including phenoxy) is 1. The van der Waals surface area contributed by atoms with Gasteiger partial charge in [-0.1, -0.05) is 25.1 Å². The quantitative estimate of drug-likeness (QED) is 0.254. The fourth-order valence-electron chi connectivity index (χ4n) is 3.39. The second-order valence-corrected chi connectivity index (χ2v) is 8.52. The SMILES string of the molecule is CCCOC(=O)C(Cc1c[nH]c2ccccc12)N(C(=O)C(F)(F)C(F)(F)C(F)(F)F)C(=O)C(F)(F)C(F)(F)C(F)(F)F. The van der Waals surface area contributed by atoms with Gasteiger partial charge in [0.2, 0.25) is 0 Å². The number of halogens is 14. The molecule has 0 fully saturated rings. The number of carbonyl (C=O) groups is 3. The van der Waals surface area contributed by atoms with Crippen molar-refractivity contribution < 1.29 is 80.6 Å². The summed E-state index contributed by atoms with van der Waals surface area (Å²) in [5, 5.41) is -0.0783. The third kappa shape index (κ3) is 5.83. The average Bonchev–Trinajstić information content (AvgIpc) is 3.27. The third-order valence-electron chi connectivity index (χ3n) is 5.60.